The molecule has 0 saturated carbocycles. The number of nitrogen functional groups attached to an aromatic ring is 1. The smallest absolute Gasteiger partial charge is 0.398 e. The van der Waals surface area contributed by atoms with Crippen molar-refractivity contribution in [3.8, 4) is 0 Å². The molecular weight excluding hydrogens is 281 g/mol. The monoisotopic (exact) mass is 300 g/mol. The van der Waals surface area contributed by atoms with E-state index in [0.717, 1.165) is 31.0 Å². The quantitative estimate of drug-likeness (QED) is 0.806. The minimum absolute atomic E-state index is 0.0235. The average molecular weight is 300 g/mol. The minimum atomic E-state index is -4.48. The summed E-state index contributed by atoms with van der Waals surface area (Å²) in [5.74, 6) is -0.425. The molecule has 21 heavy (non-hydrogen) atoms. The van der Waals surface area contributed by atoms with Crippen LogP contribution in [0, 0.1) is 5.41 Å². The number of piperidine rings is 1. The van der Waals surface area contributed by atoms with Gasteiger partial charge < -0.3 is 10.6 Å². The molecule has 2 rings (SSSR count). The van der Waals surface area contributed by atoms with Crippen LogP contribution in [0.1, 0.15) is 42.6 Å². The molecule has 1 aliphatic rings. The maximum atomic E-state index is 12.8. The molecule has 0 aromatic heterocycles. The summed E-state index contributed by atoms with van der Waals surface area (Å²) in [6.45, 7) is 5.17. The molecule has 1 aliphatic heterocycles. The van der Waals surface area contributed by atoms with Crippen molar-refractivity contribution in [2.45, 2.75) is 32.9 Å². The summed E-state index contributed by atoms with van der Waals surface area (Å²) in [7, 11) is 0. The van der Waals surface area contributed by atoms with E-state index in [1.165, 1.54) is 0 Å². The van der Waals surface area contributed by atoms with Crippen LogP contribution in [-0.4, -0.2) is 23.9 Å². The largest absolute Gasteiger partial charge is 0.416 e. The maximum Gasteiger partial charge on any atom is 0.416 e. The number of anilines is 1. The third kappa shape index (κ3) is 3.49. The SMILES string of the molecule is CC1(C)CCCN(C(=O)c2cc(C(F)(F)F)ccc2N)C1. The zero-order valence-electron chi connectivity index (χ0n) is 12.1. The second-order valence-corrected chi connectivity index (χ2v) is 6.29. The Hall–Kier alpha value is -1.72. The number of carbonyl (C=O) groups excluding carboxylic acids is 1. The molecule has 1 aromatic rings. The number of hydrogen-bond acceptors (Lipinski definition) is 2. The lowest BCUT2D eigenvalue weighted by Crippen LogP contribution is -2.43. The Morgan fingerprint density at radius 3 is 2.57 bits per heavy atom. The number of nitrogens with zero attached hydrogens (tertiary/aromatic N) is 1. The Balaban J connectivity index is 2.30. The van der Waals surface area contributed by atoms with E-state index < -0.39 is 17.6 Å². The molecular formula is C15H19F3N2O. The van der Waals surface area contributed by atoms with Crippen molar-refractivity contribution >= 4 is 11.6 Å². The van der Waals surface area contributed by atoms with Crippen LogP contribution >= 0.6 is 0 Å². The van der Waals surface area contributed by atoms with Crippen LogP contribution in [0.2, 0.25) is 0 Å². The van der Waals surface area contributed by atoms with E-state index in [9.17, 15) is 18.0 Å². The van der Waals surface area contributed by atoms with Gasteiger partial charge in [0.05, 0.1) is 11.1 Å². The summed E-state index contributed by atoms with van der Waals surface area (Å²) in [5, 5.41) is 0. The number of amides is 1. The zero-order chi connectivity index (χ0) is 15.8. The van der Waals surface area contributed by atoms with Gasteiger partial charge in [0.15, 0.2) is 0 Å². The Bertz CT molecular complexity index is 552. The first-order valence-corrected chi connectivity index (χ1v) is 6.86. The van der Waals surface area contributed by atoms with Crippen molar-refractivity contribution in [3.05, 3.63) is 29.3 Å². The van der Waals surface area contributed by atoms with Gasteiger partial charge in [-0.15, -0.1) is 0 Å². The van der Waals surface area contributed by atoms with Gasteiger partial charge in [0.2, 0.25) is 0 Å². The summed E-state index contributed by atoms with van der Waals surface area (Å²) < 4.78 is 38.3. The Labute approximate surface area is 121 Å². The topological polar surface area (TPSA) is 46.3 Å². The fourth-order valence-corrected chi connectivity index (χ4v) is 2.68. The van der Waals surface area contributed by atoms with Gasteiger partial charge in [-0.3, -0.25) is 4.79 Å². The minimum Gasteiger partial charge on any atom is -0.398 e. The molecule has 3 nitrogen and oxygen atoms in total. The van der Waals surface area contributed by atoms with Crippen molar-refractivity contribution in [2.24, 2.45) is 5.41 Å². The van der Waals surface area contributed by atoms with Crippen LogP contribution in [0.15, 0.2) is 18.2 Å². The Morgan fingerprint density at radius 2 is 2.00 bits per heavy atom. The van der Waals surface area contributed by atoms with Gasteiger partial charge >= 0.3 is 6.18 Å². The normalized spacial score (nSPS) is 18.6. The van der Waals surface area contributed by atoms with Gasteiger partial charge in [0.1, 0.15) is 0 Å². The van der Waals surface area contributed by atoms with Crippen LogP contribution in [-0.2, 0) is 6.18 Å². The summed E-state index contributed by atoms with van der Waals surface area (Å²) in [5.41, 5.74) is 4.83. The number of carbonyl (C=O) groups is 1. The lowest BCUT2D eigenvalue weighted by atomic mass is 9.84. The number of nitrogens with two attached hydrogens (primary N) is 1. The number of hydrogen-bond donors (Lipinski definition) is 1. The number of rotatable bonds is 1. The van der Waals surface area contributed by atoms with Crippen LogP contribution in [0.3, 0.4) is 0 Å². The van der Waals surface area contributed by atoms with Crippen LogP contribution in [0.4, 0.5) is 18.9 Å². The maximum absolute atomic E-state index is 12.8. The number of halogens is 3. The van der Waals surface area contributed by atoms with E-state index in [0.29, 0.717) is 13.1 Å². The van der Waals surface area contributed by atoms with Gasteiger partial charge in [-0.2, -0.15) is 13.2 Å². The number of benzene rings is 1. The predicted octanol–water partition coefficient (Wildman–Crippen LogP) is 3.55. The molecule has 1 heterocycles. The summed E-state index contributed by atoms with van der Waals surface area (Å²) in [6, 6.07) is 2.89. The van der Waals surface area contributed by atoms with E-state index in [-0.39, 0.29) is 16.7 Å². The van der Waals surface area contributed by atoms with Crippen molar-refractivity contribution in [2.75, 3.05) is 18.8 Å². The molecule has 116 valence electrons. The molecule has 0 atom stereocenters. The first-order chi connectivity index (χ1) is 9.60. The van der Waals surface area contributed by atoms with Gasteiger partial charge in [0, 0.05) is 18.8 Å². The van der Waals surface area contributed by atoms with Gasteiger partial charge in [0.25, 0.3) is 5.91 Å². The summed E-state index contributed by atoms with van der Waals surface area (Å²) >= 11 is 0. The third-order valence-electron chi connectivity index (χ3n) is 3.80. The Kier molecular flexibility index (Phi) is 3.91. The molecule has 1 saturated heterocycles. The lowest BCUT2D eigenvalue weighted by molar-refractivity contribution is -0.137. The van der Waals surface area contributed by atoms with Gasteiger partial charge in [-0.1, -0.05) is 13.8 Å². The molecule has 0 unspecified atom stereocenters. The zero-order valence-corrected chi connectivity index (χ0v) is 12.1. The van der Waals surface area contributed by atoms with Gasteiger partial charge in [-0.05, 0) is 36.5 Å². The average Bonchev–Trinajstić information content (AvgIpc) is 2.36. The van der Waals surface area contributed by atoms with E-state index in [2.05, 4.69) is 0 Å². The van der Waals surface area contributed by atoms with Crippen LogP contribution in [0.5, 0.6) is 0 Å². The van der Waals surface area contributed by atoms with Gasteiger partial charge in [-0.25, -0.2) is 0 Å². The number of likely N-dealkylation sites (tertiary alicyclic amines) is 1. The van der Waals surface area contributed by atoms with E-state index in [1.807, 2.05) is 13.8 Å². The lowest BCUT2D eigenvalue weighted by Gasteiger charge is -2.38. The van der Waals surface area contributed by atoms with Crippen molar-refractivity contribution in [1.82, 2.24) is 4.90 Å². The highest BCUT2D eigenvalue weighted by Gasteiger charge is 2.34. The summed E-state index contributed by atoms with van der Waals surface area (Å²) in [6.07, 6.45) is -2.64. The highest BCUT2D eigenvalue weighted by atomic mass is 19.4. The Morgan fingerprint density at radius 1 is 1.33 bits per heavy atom. The fourth-order valence-electron chi connectivity index (χ4n) is 2.68. The molecule has 1 aromatic carbocycles. The third-order valence-corrected chi connectivity index (χ3v) is 3.80. The fraction of sp³-hybridized carbons (Fsp3) is 0.533. The summed E-state index contributed by atoms with van der Waals surface area (Å²) in [4.78, 5) is 14.1. The second kappa shape index (κ2) is 5.24. The molecule has 2 N–H and O–H groups in total. The molecule has 6 heteroatoms. The first-order valence-electron chi connectivity index (χ1n) is 6.86. The van der Waals surface area contributed by atoms with Crippen LogP contribution < -0.4 is 5.73 Å². The molecule has 0 aliphatic carbocycles. The first kappa shape index (κ1) is 15.7. The molecule has 0 spiro atoms. The molecule has 1 fully saturated rings. The van der Waals surface area contributed by atoms with Crippen molar-refractivity contribution in [3.63, 3.8) is 0 Å². The van der Waals surface area contributed by atoms with Crippen molar-refractivity contribution < 1.29 is 18.0 Å². The molecule has 1 amide bonds. The number of alkyl halides is 3. The highest BCUT2D eigenvalue weighted by Crippen LogP contribution is 2.33. The van der Waals surface area contributed by atoms with E-state index in [1.54, 1.807) is 4.90 Å². The second-order valence-electron chi connectivity index (χ2n) is 6.29. The molecule has 0 bridgehead atoms. The van der Waals surface area contributed by atoms with E-state index >= 15 is 0 Å². The van der Waals surface area contributed by atoms with Crippen molar-refractivity contribution in [1.29, 1.82) is 0 Å². The van der Waals surface area contributed by atoms with Crippen LogP contribution in [0.25, 0.3) is 0 Å². The predicted molar refractivity (Wildman–Crippen MR) is 74.8 cm³/mol. The molecule has 0 radical (unpaired) electrons. The van der Waals surface area contributed by atoms with E-state index in [4.69, 9.17) is 5.73 Å². The highest BCUT2D eigenvalue weighted by molar-refractivity contribution is 5.99. The standard InChI is InChI=1S/C15H19F3N2O/c1-14(2)6-3-7-20(9-14)13(21)11-8-10(15(16,17)18)4-5-12(11)19/h4-5,8H,3,6-7,9,19H2,1-2H3.